The molecule has 0 amide bonds. The molecular weight excluding hydrogens is 205 g/mol. The zero-order valence-corrected chi connectivity index (χ0v) is 8.22. The Kier molecular flexibility index (Phi) is 2.73. The zero-order valence-electron chi connectivity index (χ0n) is 8.22. The first-order valence-corrected chi connectivity index (χ1v) is 4.98. The highest BCUT2D eigenvalue weighted by atomic mass is 19.4. The molecule has 1 saturated carbocycles. The standard InChI is InChI=1S/C10H13F3N2/c11-10(12,13)7-15-4-3-8(6-15)5-14-9-1-2-9/h3-4,6,9,14H,1-2,5,7H2. The van der Waals surface area contributed by atoms with Gasteiger partial charge in [-0.15, -0.1) is 0 Å². The number of nitrogens with zero attached hydrogens (tertiary/aromatic N) is 1. The van der Waals surface area contributed by atoms with Crippen LogP contribution in [0.5, 0.6) is 0 Å². The van der Waals surface area contributed by atoms with Gasteiger partial charge in [0.1, 0.15) is 6.54 Å². The minimum Gasteiger partial charge on any atom is -0.345 e. The summed E-state index contributed by atoms with van der Waals surface area (Å²) in [4.78, 5) is 0. The maximum absolute atomic E-state index is 12.0. The van der Waals surface area contributed by atoms with Crippen molar-refractivity contribution in [1.82, 2.24) is 9.88 Å². The average molecular weight is 218 g/mol. The first-order valence-electron chi connectivity index (χ1n) is 4.98. The number of alkyl halides is 3. The van der Waals surface area contributed by atoms with Gasteiger partial charge in [-0.3, -0.25) is 0 Å². The molecule has 1 N–H and O–H groups in total. The smallest absolute Gasteiger partial charge is 0.345 e. The molecule has 2 rings (SSSR count). The van der Waals surface area contributed by atoms with Crippen molar-refractivity contribution in [3.63, 3.8) is 0 Å². The molecular formula is C10H13F3N2. The van der Waals surface area contributed by atoms with E-state index in [0.29, 0.717) is 12.6 Å². The molecule has 1 aromatic rings. The number of rotatable bonds is 4. The Labute approximate surface area is 86.1 Å². The predicted molar refractivity (Wildman–Crippen MR) is 50.3 cm³/mol. The minimum atomic E-state index is -4.14. The molecule has 0 atom stereocenters. The molecule has 15 heavy (non-hydrogen) atoms. The van der Waals surface area contributed by atoms with Gasteiger partial charge in [-0.25, -0.2) is 0 Å². The van der Waals surface area contributed by atoms with E-state index in [0.717, 1.165) is 5.56 Å². The molecule has 1 fully saturated rings. The lowest BCUT2D eigenvalue weighted by Crippen LogP contribution is -2.17. The summed E-state index contributed by atoms with van der Waals surface area (Å²) in [5.74, 6) is 0. The van der Waals surface area contributed by atoms with Crippen molar-refractivity contribution in [3.05, 3.63) is 24.0 Å². The van der Waals surface area contributed by atoms with E-state index in [2.05, 4.69) is 5.32 Å². The summed E-state index contributed by atoms with van der Waals surface area (Å²) < 4.78 is 37.3. The minimum absolute atomic E-state index is 0.580. The summed E-state index contributed by atoms with van der Waals surface area (Å²) >= 11 is 0. The molecule has 5 heteroatoms. The molecule has 0 unspecified atom stereocenters. The van der Waals surface area contributed by atoms with Gasteiger partial charge >= 0.3 is 6.18 Å². The fraction of sp³-hybridized carbons (Fsp3) is 0.600. The molecule has 1 aliphatic carbocycles. The van der Waals surface area contributed by atoms with E-state index in [1.807, 2.05) is 0 Å². The highest BCUT2D eigenvalue weighted by Crippen LogP contribution is 2.20. The van der Waals surface area contributed by atoms with Crippen molar-refractivity contribution in [2.75, 3.05) is 0 Å². The van der Waals surface area contributed by atoms with E-state index in [9.17, 15) is 13.2 Å². The summed E-state index contributed by atoms with van der Waals surface area (Å²) in [5, 5.41) is 3.25. The lowest BCUT2D eigenvalue weighted by atomic mass is 10.3. The summed E-state index contributed by atoms with van der Waals surface area (Å²) in [6.07, 6.45) is 1.24. The first kappa shape index (κ1) is 10.5. The number of aromatic nitrogens is 1. The van der Waals surface area contributed by atoms with Crippen LogP contribution in [0.2, 0.25) is 0 Å². The lowest BCUT2D eigenvalue weighted by molar-refractivity contribution is -0.140. The van der Waals surface area contributed by atoms with Gasteiger partial charge in [0.25, 0.3) is 0 Å². The second-order valence-corrected chi connectivity index (χ2v) is 3.96. The first-order chi connectivity index (χ1) is 7.03. The fourth-order valence-corrected chi connectivity index (χ4v) is 1.45. The van der Waals surface area contributed by atoms with Crippen LogP contribution in [0.25, 0.3) is 0 Å². The third-order valence-electron chi connectivity index (χ3n) is 2.35. The number of hydrogen-bond acceptors (Lipinski definition) is 1. The third kappa shape index (κ3) is 3.58. The molecule has 0 spiro atoms. The normalized spacial score (nSPS) is 17.0. The molecule has 0 aliphatic heterocycles. The number of hydrogen-bond donors (Lipinski definition) is 1. The molecule has 0 aromatic carbocycles. The number of halogens is 3. The Morgan fingerprint density at radius 3 is 2.73 bits per heavy atom. The molecule has 0 saturated heterocycles. The van der Waals surface area contributed by atoms with Crippen LogP contribution in [0.1, 0.15) is 18.4 Å². The molecule has 0 radical (unpaired) electrons. The van der Waals surface area contributed by atoms with Crippen molar-refractivity contribution < 1.29 is 13.2 Å². The van der Waals surface area contributed by atoms with E-state index in [-0.39, 0.29) is 0 Å². The monoisotopic (exact) mass is 218 g/mol. The Balaban J connectivity index is 1.85. The molecule has 84 valence electrons. The Bertz CT molecular complexity index is 326. The van der Waals surface area contributed by atoms with E-state index >= 15 is 0 Å². The van der Waals surface area contributed by atoms with Gasteiger partial charge < -0.3 is 9.88 Å². The summed E-state index contributed by atoms with van der Waals surface area (Å²) in [6.45, 7) is -0.244. The van der Waals surface area contributed by atoms with Gasteiger partial charge in [-0.2, -0.15) is 13.2 Å². The van der Waals surface area contributed by atoms with Crippen LogP contribution in [-0.2, 0) is 13.1 Å². The highest BCUT2D eigenvalue weighted by Gasteiger charge is 2.27. The van der Waals surface area contributed by atoms with Crippen molar-refractivity contribution in [2.45, 2.75) is 38.1 Å². The van der Waals surface area contributed by atoms with Gasteiger partial charge in [-0.05, 0) is 24.5 Å². The molecule has 2 nitrogen and oxygen atoms in total. The topological polar surface area (TPSA) is 17.0 Å². The third-order valence-corrected chi connectivity index (χ3v) is 2.35. The van der Waals surface area contributed by atoms with Crippen LogP contribution in [0.3, 0.4) is 0 Å². The van der Waals surface area contributed by atoms with Gasteiger partial charge in [-0.1, -0.05) is 0 Å². The van der Waals surface area contributed by atoms with Gasteiger partial charge in [0.2, 0.25) is 0 Å². The quantitative estimate of drug-likeness (QED) is 0.820. The molecule has 1 aliphatic rings. The Hall–Kier alpha value is -0.970. The van der Waals surface area contributed by atoms with E-state index in [1.165, 1.54) is 23.6 Å². The lowest BCUT2D eigenvalue weighted by Gasteiger charge is -2.06. The van der Waals surface area contributed by atoms with Crippen molar-refractivity contribution in [2.24, 2.45) is 0 Å². The maximum atomic E-state index is 12.0. The van der Waals surface area contributed by atoms with Crippen LogP contribution < -0.4 is 5.32 Å². The molecule has 0 bridgehead atoms. The Morgan fingerprint density at radius 2 is 2.13 bits per heavy atom. The second-order valence-electron chi connectivity index (χ2n) is 3.96. The second kappa shape index (κ2) is 3.89. The van der Waals surface area contributed by atoms with Crippen molar-refractivity contribution in [1.29, 1.82) is 0 Å². The summed E-state index contributed by atoms with van der Waals surface area (Å²) in [5.41, 5.74) is 0.908. The number of nitrogens with one attached hydrogen (secondary N) is 1. The Morgan fingerprint density at radius 1 is 1.40 bits per heavy atom. The van der Waals surface area contributed by atoms with Gasteiger partial charge in [0.15, 0.2) is 0 Å². The van der Waals surface area contributed by atoms with Crippen LogP contribution in [0.4, 0.5) is 13.2 Å². The van der Waals surface area contributed by atoms with Crippen LogP contribution in [0.15, 0.2) is 18.5 Å². The molecule has 1 heterocycles. The molecule has 1 aromatic heterocycles. The van der Waals surface area contributed by atoms with E-state index in [1.54, 1.807) is 12.3 Å². The summed E-state index contributed by atoms with van der Waals surface area (Å²) in [7, 11) is 0. The zero-order chi connectivity index (χ0) is 10.9. The van der Waals surface area contributed by atoms with E-state index in [4.69, 9.17) is 0 Å². The largest absolute Gasteiger partial charge is 0.406 e. The maximum Gasteiger partial charge on any atom is 0.406 e. The fourth-order valence-electron chi connectivity index (χ4n) is 1.45. The van der Waals surface area contributed by atoms with Crippen LogP contribution >= 0.6 is 0 Å². The van der Waals surface area contributed by atoms with Crippen molar-refractivity contribution >= 4 is 0 Å². The predicted octanol–water partition coefficient (Wildman–Crippen LogP) is 2.30. The van der Waals surface area contributed by atoms with Crippen molar-refractivity contribution in [3.8, 4) is 0 Å². The average Bonchev–Trinajstić information content (AvgIpc) is 2.83. The van der Waals surface area contributed by atoms with Gasteiger partial charge in [0, 0.05) is 25.0 Å². The highest BCUT2D eigenvalue weighted by molar-refractivity contribution is 5.10. The summed E-state index contributed by atoms with van der Waals surface area (Å²) in [6, 6.07) is 2.30. The van der Waals surface area contributed by atoms with E-state index < -0.39 is 12.7 Å². The van der Waals surface area contributed by atoms with Crippen LogP contribution in [-0.4, -0.2) is 16.8 Å². The van der Waals surface area contributed by atoms with Gasteiger partial charge in [0.05, 0.1) is 0 Å². The van der Waals surface area contributed by atoms with Crippen LogP contribution in [0, 0.1) is 0 Å². The SMILES string of the molecule is FC(F)(F)Cn1ccc(CNC2CC2)c1.